The van der Waals surface area contributed by atoms with E-state index in [2.05, 4.69) is 32.6 Å². The monoisotopic (exact) mass is 343 g/mol. The summed E-state index contributed by atoms with van der Waals surface area (Å²) < 4.78 is 3.20. The number of halogens is 1. The van der Waals surface area contributed by atoms with E-state index in [1.807, 2.05) is 31.2 Å². The van der Waals surface area contributed by atoms with Crippen LogP contribution in [0.15, 0.2) is 53.0 Å². The summed E-state index contributed by atoms with van der Waals surface area (Å²) in [6.45, 7) is 2.58. The van der Waals surface area contributed by atoms with Crippen LogP contribution in [-0.4, -0.2) is 15.6 Å². The number of hydrogen-bond donors (Lipinski definition) is 1. The first-order chi connectivity index (χ1) is 10.1. The van der Waals surface area contributed by atoms with Crippen molar-refractivity contribution in [2.24, 2.45) is 0 Å². The van der Waals surface area contributed by atoms with Gasteiger partial charge < -0.3 is 9.67 Å². The molecule has 1 aromatic heterocycles. The maximum absolute atomic E-state index is 11.3. The summed E-state index contributed by atoms with van der Waals surface area (Å²) in [5.74, 6) is -0.890. The molecule has 0 unspecified atom stereocenters. The van der Waals surface area contributed by atoms with E-state index in [0.717, 1.165) is 26.6 Å². The SMILES string of the molecule is Cc1c(Br)c2ccccc2n1Cc1ccccc1C(=O)O. The minimum Gasteiger partial charge on any atom is -0.478 e. The molecule has 0 aliphatic rings. The molecule has 3 nitrogen and oxygen atoms in total. The van der Waals surface area contributed by atoms with E-state index in [0.29, 0.717) is 12.1 Å². The summed E-state index contributed by atoms with van der Waals surface area (Å²) in [6, 6.07) is 15.2. The van der Waals surface area contributed by atoms with Crippen molar-refractivity contribution in [3.63, 3.8) is 0 Å². The van der Waals surface area contributed by atoms with Gasteiger partial charge in [0.2, 0.25) is 0 Å². The lowest BCUT2D eigenvalue weighted by atomic mass is 10.1. The van der Waals surface area contributed by atoms with Gasteiger partial charge in [-0.05, 0) is 40.5 Å². The smallest absolute Gasteiger partial charge is 0.336 e. The van der Waals surface area contributed by atoms with Crippen molar-refractivity contribution in [2.75, 3.05) is 0 Å². The zero-order valence-electron chi connectivity index (χ0n) is 11.5. The zero-order valence-corrected chi connectivity index (χ0v) is 13.1. The number of fused-ring (bicyclic) bond motifs is 1. The predicted octanol–water partition coefficient (Wildman–Crippen LogP) is 4.46. The average Bonchev–Trinajstić information content (AvgIpc) is 2.73. The number of carbonyl (C=O) groups is 1. The highest BCUT2D eigenvalue weighted by Crippen LogP contribution is 2.31. The second kappa shape index (κ2) is 5.37. The normalized spacial score (nSPS) is 11.0. The molecular weight excluding hydrogens is 330 g/mol. The molecule has 4 heteroatoms. The summed E-state index contributed by atoms with van der Waals surface area (Å²) in [4.78, 5) is 11.3. The minimum absolute atomic E-state index is 0.353. The number of aromatic nitrogens is 1. The van der Waals surface area contributed by atoms with Crippen molar-refractivity contribution < 1.29 is 9.90 Å². The molecule has 0 amide bonds. The molecule has 3 rings (SSSR count). The van der Waals surface area contributed by atoms with Gasteiger partial charge in [-0.25, -0.2) is 4.79 Å². The summed E-state index contributed by atoms with van der Waals surface area (Å²) in [6.07, 6.45) is 0. The second-order valence-electron chi connectivity index (χ2n) is 4.96. The summed E-state index contributed by atoms with van der Waals surface area (Å²) in [7, 11) is 0. The van der Waals surface area contributed by atoms with Gasteiger partial charge in [-0.3, -0.25) is 0 Å². The van der Waals surface area contributed by atoms with Gasteiger partial charge in [0.15, 0.2) is 0 Å². The molecule has 0 aliphatic carbocycles. The van der Waals surface area contributed by atoms with Crippen molar-refractivity contribution in [1.29, 1.82) is 0 Å². The fraction of sp³-hybridized carbons (Fsp3) is 0.118. The van der Waals surface area contributed by atoms with Crippen LogP contribution in [0, 0.1) is 6.92 Å². The van der Waals surface area contributed by atoms with Gasteiger partial charge in [0.1, 0.15) is 0 Å². The predicted molar refractivity (Wildman–Crippen MR) is 86.9 cm³/mol. The van der Waals surface area contributed by atoms with E-state index < -0.39 is 5.97 Å². The largest absolute Gasteiger partial charge is 0.478 e. The van der Waals surface area contributed by atoms with Gasteiger partial charge in [-0.15, -0.1) is 0 Å². The molecule has 0 saturated heterocycles. The number of carboxylic acid groups (broad SMARTS) is 1. The van der Waals surface area contributed by atoms with Gasteiger partial charge >= 0.3 is 5.97 Å². The van der Waals surface area contributed by atoms with Crippen LogP contribution < -0.4 is 0 Å². The zero-order chi connectivity index (χ0) is 15.0. The third kappa shape index (κ3) is 2.36. The second-order valence-corrected chi connectivity index (χ2v) is 5.76. The van der Waals surface area contributed by atoms with E-state index in [4.69, 9.17) is 0 Å². The van der Waals surface area contributed by atoms with Crippen molar-refractivity contribution in [1.82, 2.24) is 4.57 Å². The first-order valence-corrected chi connectivity index (χ1v) is 7.43. The molecule has 0 atom stereocenters. The van der Waals surface area contributed by atoms with Crippen LogP contribution in [0.25, 0.3) is 10.9 Å². The Morgan fingerprint density at radius 3 is 2.57 bits per heavy atom. The average molecular weight is 344 g/mol. The molecule has 2 aromatic carbocycles. The highest BCUT2D eigenvalue weighted by molar-refractivity contribution is 9.10. The third-order valence-electron chi connectivity index (χ3n) is 3.73. The Morgan fingerprint density at radius 2 is 1.81 bits per heavy atom. The molecule has 0 bridgehead atoms. The lowest BCUT2D eigenvalue weighted by Gasteiger charge is -2.11. The Labute approximate surface area is 131 Å². The maximum atomic E-state index is 11.3. The Bertz CT molecular complexity index is 836. The first-order valence-electron chi connectivity index (χ1n) is 6.64. The molecule has 3 aromatic rings. The Balaban J connectivity index is 2.15. The van der Waals surface area contributed by atoms with Crippen molar-refractivity contribution in [3.8, 4) is 0 Å². The van der Waals surface area contributed by atoms with E-state index in [1.54, 1.807) is 12.1 Å². The maximum Gasteiger partial charge on any atom is 0.336 e. The van der Waals surface area contributed by atoms with Crippen LogP contribution in [0.3, 0.4) is 0 Å². The fourth-order valence-electron chi connectivity index (χ4n) is 2.63. The van der Waals surface area contributed by atoms with E-state index in [-0.39, 0.29) is 0 Å². The van der Waals surface area contributed by atoms with Crippen LogP contribution in [0.5, 0.6) is 0 Å². The third-order valence-corrected chi connectivity index (χ3v) is 4.73. The van der Waals surface area contributed by atoms with E-state index in [9.17, 15) is 9.90 Å². The topological polar surface area (TPSA) is 42.2 Å². The van der Waals surface area contributed by atoms with E-state index >= 15 is 0 Å². The van der Waals surface area contributed by atoms with Gasteiger partial charge in [0.05, 0.1) is 5.56 Å². The molecule has 0 fully saturated rings. The highest BCUT2D eigenvalue weighted by atomic mass is 79.9. The number of rotatable bonds is 3. The molecule has 0 saturated carbocycles. The molecule has 21 heavy (non-hydrogen) atoms. The van der Waals surface area contributed by atoms with Gasteiger partial charge in [-0.1, -0.05) is 36.4 Å². The van der Waals surface area contributed by atoms with Crippen molar-refractivity contribution in [2.45, 2.75) is 13.5 Å². The summed E-state index contributed by atoms with van der Waals surface area (Å²) in [5, 5.41) is 10.5. The van der Waals surface area contributed by atoms with Gasteiger partial charge in [0, 0.05) is 27.6 Å². The number of carboxylic acids is 1. The lowest BCUT2D eigenvalue weighted by molar-refractivity contribution is 0.0695. The minimum atomic E-state index is -0.890. The Morgan fingerprint density at radius 1 is 1.14 bits per heavy atom. The molecule has 106 valence electrons. The highest BCUT2D eigenvalue weighted by Gasteiger charge is 2.14. The van der Waals surface area contributed by atoms with Crippen molar-refractivity contribution >= 4 is 32.8 Å². The van der Waals surface area contributed by atoms with Gasteiger partial charge in [-0.2, -0.15) is 0 Å². The molecule has 1 N–H and O–H groups in total. The van der Waals surface area contributed by atoms with Crippen LogP contribution in [0.1, 0.15) is 21.6 Å². The summed E-state index contributed by atoms with van der Waals surface area (Å²) >= 11 is 3.63. The fourth-order valence-corrected chi connectivity index (χ4v) is 3.18. The lowest BCUT2D eigenvalue weighted by Crippen LogP contribution is -2.08. The quantitative estimate of drug-likeness (QED) is 0.762. The number of benzene rings is 2. The van der Waals surface area contributed by atoms with Crippen molar-refractivity contribution in [3.05, 3.63) is 69.8 Å². The first kappa shape index (κ1) is 13.9. The summed E-state index contributed by atoms with van der Waals surface area (Å²) in [5.41, 5.74) is 3.35. The molecule has 1 heterocycles. The van der Waals surface area contributed by atoms with Crippen LogP contribution in [0.2, 0.25) is 0 Å². The number of nitrogens with zero attached hydrogens (tertiary/aromatic N) is 1. The van der Waals surface area contributed by atoms with Gasteiger partial charge in [0.25, 0.3) is 0 Å². The van der Waals surface area contributed by atoms with Crippen LogP contribution >= 0.6 is 15.9 Å². The van der Waals surface area contributed by atoms with Crippen LogP contribution in [0.4, 0.5) is 0 Å². The standard InChI is InChI=1S/C17H14BrNO2/c1-11-16(18)14-8-4-5-9-15(14)19(11)10-12-6-2-3-7-13(12)17(20)21/h2-9H,10H2,1H3,(H,20,21). The number of hydrogen-bond acceptors (Lipinski definition) is 1. The molecule has 0 spiro atoms. The van der Waals surface area contributed by atoms with Crippen LogP contribution in [-0.2, 0) is 6.54 Å². The molecule has 0 radical (unpaired) electrons. The Kier molecular flexibility index (Phi) is 3.55. The van der Waals surface area contributed by atoms with E-state index in [1.165, 1.54) is 0 Å². The number of aromatic carboxylic acids is 1. The Hall–Kier alpha value is -2.07. The number of para-hydroxylation sites is 1. The molecular formula is C17H14BrNO2. The molecule has 0 aliphatic heterocycles.